The first-order valence-electron chi connectivity index (χ1n) is 8.22. The predicted octanol–water partition coefficient (Wildman–Crippen LogP) is 2.32. The van der Waals surface area contributed by atoms with E-state index in [0.29, 0.717) is 25.4 Å². The lowest BCUT2D eigenvalue weighted by molar-refractivity contribution is -0.129. The molecule has 1 N–H and O–H groups in total. The first-order chi connectivity index (χ1) is 10.6. The molecule has 1 saturated carbocycles. The standard InChI is InChI=1S/C17H24N2O3/c1-12-4-2-5-14(8-12)18-17(21)13-9-16(20)19(10-13)11-15-6-3-7-22-15/h3,6-7,12-14H,2,4-5,8-11H2,1H3,(H,18,21). The molecule has 2 amide bonds. The number of carbonyl (C=O) groups excluding carboxylic acids is 2. The molecule has 1 aromatic rings. The van der Waals surface area contributed by atoms with E-state index in [-0.39, 0.29) is 23.8 Å². The molecule has 0 radical (unpaired) electrons. The van der Waals surface area contributed by atoms with Crippen molar-refractivity contribution in [1.29, 1.82) is 0 Å². The van der Waals surface area contributed by atoms with Crippen molar-refractivity contribution >= 4 is 11.8 Å². The molecule has 0 aromatic carbocycles. The van der Waals surface area contributed by atoms with Crippen molar-refractivity contribution in [1.82, 2.24) is 10.2 Å². The maximum atomic E-state index is 12.4. The molecule has 5 heteroatoms. The van der Waals surface area contributed by atoms with Crippen LogP contribution in [0.4, 0.5) is 0 Å². The molecule has 0 bridgehead atoms. The Balaban J connectivity index is 1.52. The van der Waals surface area contributed by atoms with Crippen molar-refractivity contribution in [2.75, 3.05) is 6.54 Å². The van der Waals surface area contributed by atoms with E-state index in [4.69, 9.17) is 4.42 Å². The number of rotatable bonds is 4. The smallest absolute Gasteiger partial charge is 0.225 e. The first kappa shape index (κ1) is 15.1. The number of hydrogen-bond donors (Lipinski definition) is 1. The molecule has 2 fully saturated rings. The lowest BCUT2D eigenvalue weighted by atomic mass is 9.87. The van der Waals surface area contributed by atoms with Crippen molar-refractivity contribution in [2.24, 2.45) is 11.8 Å². The van der Waals surface area contributed by atoms with Gasteiger partial charge in [0, 0.05) is 19.0 Å². The summed E-state index contributed by atoms with van der Waals surface area (Å²) in [6.07, 6.45) is 6.47. The molecule has 2 heterocycles. The van der Waals surface area contributed by atoms with Crippen LogP contribution in [-0.4, -0.2) is 29.3 Å². The monoisotopic (exact) mass is 304 g/mol. The van der Waals surface area contributed by atoms with Gasteiger partial charge in [-0.05, 0) is 30.9 Å². The average molecular weight is 304 g/mol. The number of nitrogens with one attached hydrogen (secondary N) is 1. The highest BCUT2D eigenvalue weighted by molar-refractivity contribution is 5.89. The number of hydrogen-bond acceptors (Lipinski definition) is 3. The maximum Gasteiger partial charge on any atom is 0.225 e. The van der Waals surface area contributed by atoms with E-state index in [1.807, 2.05) is 12.1 Å². The molecule has 3 unspecified atom stereocenters. The maximum absolute atomic E-state index is 12.4. The van der Waals surface area contributed by atoms with E-state index in [0.717, 1.165) is 18.6 Å². The molecule has 22 heavy (non-hydrogen) atoms. The van der Waals surface area contributed by atoms with Crippen LogP contribution in [0.25, 0.3) is 0 Å². The molecule has 3 rings (SSSR count). The summed E-state index contributed by atoms with van der Waals surface area (Å²) in [5, 5.41) is 3.15. The summed E-state index contributed by atoms with van der Waals surface area (Å²) in [7, 11) is 0. The van der Waals surface area contributed by atoms with E-state index >= 15 is 0 Å². The lowest BCUT2D eigenvalue weighted by Gasteiger charge is -2.28. The van der Waals surface area contributed by atoms with Crippen molar-refractivity contribution in [3.63, 3.8) is 0 Å². The Kier molecular flexibility index (Phi) is 4.50. The van der Waals surface area contributed by atoms with E-state index in [2.05, 4.69) is 12.2 Å². The van der Waals surface area contributed by atoms with Gasteiger partial charge in [-0.1, -0.05) is 19.8 Å². The van der Waals surface area contributed by atoms with Crippen LogP contribution in [0.1, 0.15) is 44.8 Å². The Morgan fingerprint density at radius 3 is 3.05 bits per heavy atom. The Bertz CT molecular complexity index is 526. The zero-order valence-corrected chi connectivity index (χ0v) is 13.1. The van der Waals surface area contributed by atoms with Gasteiger partial charge in [-0.25, -0.2) is 0 Å². The quantitative estimate of drug-likeness (QED) is 0.928. The summed E-state index contributed by atoms with van der Waals surface area (Å²) in [5.74, 6) is 1.29. The zero-order valence-electron chi connectivity index (χ0n) is 13.1. The van der Waals surface area contributed by atoms with Crippen LogP contribution in [0.3, 0.4) is 0 Å². The van der Waals surface area contributed by atoms with Gasteiger partial charge in [0.05, 0.1) is 18.7 Å². The van der Waals surface area contributed by atoms with Gasteiger partial charge in [0.1, 0.15) is 5.76 Å². The molecular weight excluding hydrogens is 280 g/mol. The lowest BCUT2D eigenvalue weighted by Crippen LogP contribution is -2.41. The largest absolute Gasteiger partial charge is 0.467 e. The van der Waals surface area contributed by atoms with E-state index < -0.39 is 0 Å². The van der Waals surface area contributed by atoms with Gasteiger partial charge in [-0.2, -0.15) is 0 Å². The molecule has 1 aromatic heterocycles. The molecule has 3 atom stereocenters. The first-order valence-corrected chi connectivity index (χ1v) is 8.22. The minimum Gasteiger partial charge on any atom is -0.467 e. The van der Waals surface area contributed by atoms with Crippen LogP contribution in [0.5, 0.6) is 0 Å². The Morgan fingerprint density at radius 2 is 2.32 bits per heavy atom. The van der Waals surface area contributed by atoms with E-state index in [9.17, 15) is 9.59 Å². The second-order valence-corrected chi connectivity index (χ2v) is 6.73. The van der Waals surface area contributed by atoms with Gasteiger partial charge in [0.2, 0.25) is 11.8 Å². The minimum absolute atomic E-state index is 0.0357. The van der Waals surface area contributed by atoms with Gasteiger partial charge in [0.15, 0.2) is 0 Å². The van der Waals surface area contributed by atoms with Crippen LogP contribution in [0.15, 0.2) is 22.8 Å². The SMILES string of the molecule is CC1CCCC(NC(=O)C2CC(=O)N(Cc3ccco3)C2)C1. The number of furan rings is 1. The Hall–Kier alpha value is -1.78. The highest BCUT2D eigenvalue weighted by Gasteiger charge is 2.35. The molecule has 2 aliphatic rings. The molecule has 1 saturated heterocycles. The van der Waals surface area contributed by atoms with Gasteiger partial charge < -0.3 is 14.6 Å². The number of nitrogens with zero attached hydrogens (tertiary/aromatic N) is 1. The zero-order chi connectivity index (χ0) is 15.5. The topological polar surface area (TPSA) is 62.6 Å². The third kappa shape index (κ3) is 3.51. The van der Waals surface area contributed by atoms with Crippen molar-refractivity contribution in [3.05, 3.63) is 24.2 Å². The molecular formula is C17H24N2O3. The van der Waals surface area contributed by atoms with Crippen LogP contribution >= 0.6 is 0 Å². The van der Waals surface area contributed by atoms with Crippen LogP contribution in [0, 0.1) is 11.8 Å². The third-order valence-electron chi connectivity index (χ3n) is 4.79. The Labute approximate surface area is 131 Å². The predicted molar refractivity (Wildman–Crippen MR) is 81.8 cm³/mol. The molecule has 1 aliphatic carbocycles. The van der Waals surface area contributed by atoms with Gasteiger partial charge in [0.25, 0.3) is 0 Å². The van der Waals surface area contributed by atoms with Crippen LogP contribution < -0.4 is 5.32 Å². The normalized spacial score (nSPS) is 28.9. The fourth-order valence-corrected chi connectivity index (χ4v) is 3.58. The molecule has 120 valence electrons. The average Bonchev–Trinajstić information content (AvgIpc) is 3.10. The number of likely N-dealkylation sites (tertiary alicyclic amines) is 1. The number of amides is 2. The van der Waals surface area contributed by atoms with Crippen LogP contribution in [-0.2, 0) is 16.1 Å². The Morgan fingerprint density at radius 1 is 1.45 bits per heavy atom. The second kappa shape index (κ2) is 6.55. The molecule has 0 spiro atoms. The van der Waals surface area contributed by atoms with Crippen molar-refractivity contribution in [2.45, 2.75) is 51.6 Å². The summed E-state index contributed by atoms with van der Waals surface area (Å²) in [5.41, 5.74) is 0. The second-order valence-electron chi connectivity index (χ2n) is 6.73. The van der Waals surface area contributed by atoms with E-state index in [1.54, 1.807) is 11.2 Å². The highest BCUT2D eigenvalue weighted by Crippen LogP contribution is 2.25. The van der Waals surface area contributed by atoms with Crippen molar-refractivity contribution in [3.8, 4) is 0 Å². The highest BCUT2D eigenvalue weighted by atomic mass is 16.3. The van der Waals surface area contributed by atoms with Gasteiger partial charge >= 0.3 is 0 Å². The van der Waals surface area contributed by atoms with E-state index in [1.165, 1.54) is 12.8 Å². The molecule has 5 nitrogen and oxygen atoms in total. The third-order valence-corrected chi connectivity index (χ3v) is 4.79. The number of carbonyl (C=O) groups is 2. The summed E-state index contributed by atoms with van der Waals surface area (Å²) in [6, 6.07) is 3.94. The summed E-state index contributed by atoms with van der Waals surface area (Å²) >= 11 is 0. The fraction of sp³-hybridized carbons (Fsp3) is 0.647. The summed E-state index contributed by atoms with van der Waals surface area (Å²) < 4.78 is 5.28. The fourth-order valence-electron chi connectivity index (χ4n) is 3.58. The summed E-state index contributed by atoms with van der Waals surface area (Å²) in [4.78, 5) is 26.2. The van der Waals surface area contributed by atoms with Gasteiger partial charge in [-0.3, -0.25) is 9.59 Å². The minimum atomic E-state index is -0.223. The molecule has 1 aliphatic heterocycles. The summed E-state index contributed by atoms with van der Waals surface area (Å²) in [6.45, 7) is 3.19. The van der Waals surface area contributed by atoms with Crippen molar-refractivity contribution < 1.29 is 14.0 Å². The van der Waals surface area contributed by atoms with Crippen LogP contribution in [0.2, 0.25) is 0 Å². The van der Waals surface area contributed by atoms with Gasteiger partial charge in [-0.15, -0.1) is 0 Å².